The zero-order valence-corrected chi connectivity index (χ0v) is 18.2. The van der Waals surface area contributed by atoms with Crippen LogP contribution in [-0.2, 0) is 23.7 Å². The van der Waals surface area contributed by atoms with Gasteiger partial charge in [-0.3, -0.25) is 0 Å². The lowest BCUT2D eigenvalue weighted by Gasteiger charge is -2.33. The quantitative estimate of drug-likeness (QED) is 0.491. The average molecular weight is 363 g/mol. The monoisotopic (exact) mass is 362 g/mol. The first kappa shape index (κ1) is 24.8. The Kier molecular flexibility index (Phi) is 11.4. The first-order valence-corrected chi connectivity index (χ1v) is 9.49. The van der Waals surface area contributed by atoms with E-state index in [1.807, 2.05) is 69.2 Å². The van der Waals surface area contributed by atoms with Crippen LogP contribution in [0.3, 0.4) is 0 Å². The molecule has 0 radical (unpaired) electrons. The summed E-state index contributed by atoms with van der Waals surface area (Å²) in [6.45, 7) is 22.2. The third-order valence-electron chi connectivity index (χ3n) is 3.09. The fourth-order valence-corrected chi connectivity index (χ4v) is 2.34. The molecule has 5 heteroatoms. The lowest BCUT2D eigenvalue weighted by Crippen LogP contribution is -2.44. The van der Waals surface area contributed by atoms with Crippen molar-refractivity contribution in [1.29, 1.82) is 0 Å². The minimum Gasteiger partial charge on any atom is -0.376 e. The van der Waals surface area contributed by atoms with Crippen molar-refractivity contribution in [2.24, 2.45) is 0 Å². The second-order valence-corrected chi connectivity index (χ2v) is 8.73. The second-order valence-electron chi connectivity index (χ2n) is 8.73. The van der Waals surface area contributed by atoms with Crippen LogP contribution >= 0.6 is 0 Å². The number of hydrogen-bond acceptors (Lipinski definition) is 5. The number of hydrogen-bond donors (Lipinski definition) is 0. The Hall–Kier alpha value is -0.200. The standard InChI is InChI=1S/C20H42O5/c1-15(2)22-12-18(25-19(7,8)9)11-21-13-20(10,24-17(5)6)14-23-16(3)4/h15-18H,11-14H2,1-10H3. The number of rotatable bonds is 13. The van der Waals surface area contributed by atoms with Gasteiger partial charge in [0.05, 0.1) is 50.3 Å². The van der Waals surface area contributed by atoms with Crippen LogP contribution in [0.2, 0.25) is 0 Å². The Bertz CT molecular complexity index is 335. The fraction of sp³-hybridized carbons (Fsp3) is 1.00. The lowest BCUT2D eigenvalue weighted by molar-refractivity contribution is -0.172. The minimum absolute atomic E-state index is 0.107. The van der Waals surface area contributed by atoms with Crippen molar-refractivity contribution in [1.82, 2.24) is 0 Å². The van der Waals surface area contributed by atoms with E-state index in [0.29, 0.717) is 26.4 Å². The smallest absolute Gasteiger partial charge is 0.112 e. The summed E-state index contributed by atoms with van der Waals surface area (Å²) in [4.78, 5) is 0. The first-order chi connectivity index (χ1) is 11.3. The molecule has 0 rings (SSSR count). The van der Waals surface area contributed by atoms with Crippen molar-refractivity contribution < 1.29 is 23.7 Å². The van der Waals surface area contributed by atoms with E-state index in [1.165, 1.54) is 0 Å². The summed E-state index contributed by atoms with van der Waals surface area (Å²) < 4.78 is 29.5. The van der Waals surface area contributed by atoms with Gasteiger partial charge >= 0.3 is 0 Å². The van der Waals surface area contributed by atoms with Crippen molar-refractivity contribution in [3.8, 4) is 0 Å². The van der Waals surface area contributed by atoms with Gasteiger partial charge in [0.2, 0.25) is 0 Å². The van der Waals surface area contributed by atoms with Crippen molar-refractivity contribution in [2.75, 3.05) is 26.4 Å². The van der Waals surface area contributed by atoms with Crippen LogP contribution in [0.5, 0.6) is 0 Å². The van der Waals surface area contributed by atoms with Gasteiger partial charge in [-0.2, -0.15) is 0 Å². The molecule has 0 spiro atoms. The highest BCUT2D eigenvalue weighted by molar-refractivity contribution is 4.77. The van der Waals surface area contributed by atoms with Crippen LogP contribution in [0, 0.1) is 0 Å². The zero-order chi connectivity index (χ0) is 19.7. The maximum atomic E-state index is 6.06. The zero-order valence-electron chi connectivity index (χ0n) is 18.2. The first-order valence-electron chi connectivity index (χ1n) is 9.49. The van der Waals surface area contributed by atoms with Crippen molar-refractivity contribution in [2.45, 2.75) is 105 Å². The highest BCUT2D eigenvalue weighted by atomic mass is 16.6. The molecule has 0 aromatic heterocycles. The molecule has 0 bridgehead atoms. The summed E-state index contributed by atoms with van der Waals surface area (Å²) >= 11 is 0. The van der Waals surface area contributed by atoms with Gasteiger partial charge in [0, 0.05) is 0 Å². The van der Waals surface area contributed by atoms with E-state index in [0.717, 1.165) is 0 Å². The largest absolute Gasteiger partial charge is 0.376 e. The fourth-order valence-electron chi connectivity index (χ4n) is 2.34. The molecule has 0 saturated heterocycles. The molecular weight excluding hydrogens is 320 g/mol. The summed E-state index contributed by atoms with van der Waals surface area (Å²) in [7, 11) is 0. The molecule has 0 aromatic rings. The summed E-state index contributed by atoms with van der Waals surface area (Å²) in [6.07, 6.45) is 0.318. The van der Waals surface area contributed by atoms with E-state index in [9.17, 15) is 0 Å². The molecule has 5 nitrogen and oxygen atoms in total. The maximum Gasteiger partial charge on any atom is 0.112 e. The highest BCUT2D eigenvalue weighted by Crippen LogP contribution is 2.17. The second kappa shape index (κ2) is 11.5. The Morgan fingerprint density at radius 1 is 0.640 bits per heavy atom. The van der Waals surface area contributed by atoms with Gasteiger partial charge in [0.1, 0.15) is 11.7 Å². The molecule has 2 atom stereocenters. The molecule has 0 aliphatic rings. The van der Waals surface area contributed by atoms with Crippen molar-refractivity contribution >= 4 is 0 Å². The highest BCUT2D eigenvalue weighted by Gasteiger charge is 2.29. The van der Waals surface area contributed by atoms with Gasteiger partial charge in [0.25, 0.3) is 0 Å². The van der Waals surface area contributed by atoms with Gasteiger partial charge < -0.3 is 23.7 Å². The molecule has 0 amide bonds. The van der Waals surface area contributed by atoms with Gasteiger partial charge in [0.15, 0.2) is 0 Å². The van der Waals surface area contributed by atoms with E-state index in [2.05, 4.69) is 0 Å². The lowest BCUT2D eigenvalue weighted by atomic mass is 10.1. The number of ether oxygens (including phenoxy) is 5. The van der Waals surface area contributed by atoms with E-state index < -0.39 is 5.60 Å². The van der Waals surface area contributed by atoms with Gasteiger partial charge in [-0.25, -0.2) is 0 Å². The summed E-state index contributed by atoms with van der Waals surface area (Å²) in [5, 5.41) is 0. The molecule has 0 N–H and O–H groups in total. The van der Waals surface area contributed by atoms with Crippen LogP contribution in [0.15, 0.2) is 0 Å². The van der Waals surface area contributed by atoms with Crippen LogP contribution in [-0.4, -0.2) is 62.0 Å². The molecule has 2 unspecified atom stereocenters. The van der Waals surface area contributed by atoms with E-state index in [4.69, 9.17) is 23.7 Å². The normalized spacial score (nSPS) is 16.7. The van der Waals surface area contributed by atoms with Crippen molar-refractivity contribution in [3.63, 3.8) is 0 Å². The van der Waals surface area contributed by atoms with Crippen molar-refractivity contribution in [3.05, 3.63) is 0 Å². The van der Waals surface area contributed by atoms with E-state index >= 15 is 0 Å². The van der Waals surface area contributed by atoms with Crippen LogP contribution in [0.1, 0.15) is 69.2 Å². The predicted octanol–water partition coefficient (Wildman–Crippen LogP) is 4.22. The van der Waals surface area contributed by atoms with Gasteiger partial charge in [-0.15, -0.1) is 0 Å². The minimum atomic E-state index is -0.483. The summed E-state index contributed by atoms with van der Waals surface area (Å²) in [6, 6.07) is 0. The SMILES string of the molecule is CC(C)OCC(COCC(C)(COC(C)C)OC(C)C)OC(C)(C)C. The molecule has 0 aliphatic heterocycles. The van der Waals surface area contributed by atoms with Crippen LogP contribution < -0.4 is 0 Å². The Balaban J connectivity index is 4.63. The van der Waals surface area contributed by atoms with E-state index in [-0.39, 0.29) is 30.0 Å². The average Bonchev–Trinajstić information content (AvgIpc) is 2.40. The van der Waals surface area contributed by atoms with Crippen LogP contribution in [0.4, 0.5) is 0 Å². The Labute approximate surface area is 155 Å². The summed E-state index contributed by atoms with van der Waals surface area (Å²) in [5.74, 6) is 0. The molecule has 152 valence electrons. The molecule has 0 aliphatic carbocycles. The third-order valence-corrected chi connectivity index (χ3v) is 3.09. The van der Waals surface area contributed by atoms with Gasteiger partial charge in [-0.05, 0) is 69.2 Å². The van der Waals surface area contributed by atoms with Gasteiger partial charge in [-0.1, -0.05) is 0 Å². The molecule has 0 saturated carbocycles. The topological polar surface area (TPSA) is 46.2 Å². The molecule has 25 heavy (non-hydrogen) atoms. The predicted molar refractivity (Wildman–Crippen MR) is 102 cm³/mol. The molecule has 0 aromatic carbocycles. The Morgan fingerprint density at radius 2 is 1.20 bits per heavy atom. The molecular formula is C20H42O5. The Morgan fingerprint density at radius 3 is 1.64 bits per heavy atom. The maximum absolute atomic E-state index is 6.06. The van der Waals surface area contributed by atoms with E-state index in [1.54, 1.807) is 0 Å². The third kappa shape index (κ3) is 14.6. The molecule has 0 heterocycles. The van der Waals surface area contributed by atoms with Crippen LogP contribution in [0.25, 0.3) is 0 Å². The molecule has 0 fully saturated rings. The summed E-state index contributed by atoms with van der Waals surface area (Å²) in [5.41, 5.74) is -0.726.